The number of amides is 1. The van der Waals surface area contributed by atoms with Crippen LogP contribution in [-0.2, 0) is 28.9 Å². The summed E-state index contributed by atoms with van der Waals surface area (Å²) in [5.41, 5.74) is 1.51. The van der Waals surface area contributed by atoms with Crippen molar-refractivity contribution in [3.8, 4) is 0 Å². The van der Waals surface area contributed by atoms with Crippen LogP contribution in [0.15, 0.2) is 0 Å². The third-order valence-corrected chi connectivity index (χ3v) is 8.99. The van der Waals surface area contributed by atoms with Crippen LogP contribution in [0, 0.1) is 0 Å². The molecule has 2 aromatic rings. The van der Waals surface area contributed by atoms with Crippen LogP contribution in [-0.4, -0.2) is 103 Å². The van der Waals surface area contributed by atoms with Crippen molar-refractivity contribution in [2.75, 3.05) is 77.0 Å². The Hall–Kier alpha value is -1.81. The number of likely N-dealkylation sites (tertiary alicyclic amines) is 1. The van der Waals surface area contributed by atoms with Gasteiger partial charge in [0.05, 0.1) is 31.7 Å². The van der Waals surface area contributed by atoms with Gasteiger partial charge in [0.15, 0.2) is 0 Å². The van der Waals surface area contributed by atoms with Crippen LogP contribution in [0.25, 0.3) is 10.2 Å². The van der Waals surface area contributed by atoms with Crippen molar-refractivity contribution in [3.05, 3.63) is 16.3 Å². The molecule has 0 atom stereocenters. The van der Waals surface area contributed by atoms with E-state index in [1.807, 2.05) is 16.2 Å². The van der Waals surface area contributed by atoms with E-state index in [-0.39, 0.29) is 0 Å². The first kappa shape index (κ1) is 22.6. The van der Waals surface area contributed by atoms with Crippen molar-refractivity contribution in [1.82, 2.24) is 24.7 Å². The molecule has 1 amide bonds. The predicted octanol–water partition coefficient (Wildman–Crippen LogP) is 2.15. The highest BCUT2D eigenvalue weighted by Crippen LogP contribution is 2.40. The zero-order chi connectivity index (χ0) is 22.9. The highest BCUT2D eigenvalue weighted by atomic mass is 32.1. The van der Waals surface area contributed by atoms with Crippen molar-refractivity contribution in [2.45, 2.75) is 45.1 Å². The van der Waals surface area contributed by atoms with Gasteiger partial charge in [-0.05, 0) is 44.1 Å². The van der Waals surface area contributed by atoms with Crippen molar-refractivity contribution < 1.29 is 9.53 Å². The number of nitrogens with zero attached hydrogens (tertiary/aromatic N) is 6. The van der Waals surface area contributed by atoms with E-state index in [0.29, 0.717) is 12.5 Å². The second-order valence-corrected chi connectivity index (χ2v) is 11.2. The average Bonchev–Trinajstić information content (AvgIpc) is 3.53. The molecular formula is C25H36N6O2S. The SMILES string of the molecule is O=C(CN1CCN(c2nc(CN3CCOCC3)nc3sc4c(c23)CCCC4)CC1)N1CCCC1. The fraction of sp³-hybridized carbons (Fsp3) is 0.720. The van der Waals surface area contributed by atoms with Gasteiger partial charge in [0.2, 0.25) is 5.91 Å². The molecule has 3 fully saturated rings. The maximum Gasteiger partial charge on any atom is 0.236 e. The molecule has 0 bridgehead atoms. The summed E-state index contributed by atoms with van der Waals surface area (Å²) in [5, 5.41) is 1.31. The topological polar surface area (TPSA) is 65.0 Å². The number of morpholine rings is 1. The van der Waals surface area contributed by atoms with Gasteiger partial charge in [0, 0.05) is 57.2 Å². The summed E-state index contributed by atoms with van der Waals surface area (Å²) < 4.78 is 5.53. The number of carbonyl (C=O) groups is 1. The molecule has 0 radical (unpaired) electrons. The third kappa shape index (κ3) is 4.67. The van der Waals surface area contributed by atoms with Crippen molar-refractivity contribution in [3.63, 3.8) is 0 Å². The normalized spacial score (nSPS) is 22.5. The summed E-state index contributed by atoms with van der Waals surface area (Å²) in [6.07, 6.45) is 7.19. The Bertz CT molecular complexity index is 1020. The lowest BCUT2D eigenvalue weighted by Crippen LogP contribution is -2.50. The second-order valence-electron chi connectivity index (χ2n) is 10.1. The maximum atomic E-state index is 12.6. The third-order valence-electron chi connectivity index (χ3n) is 7.80. The number of aromatic nitrogens is 2. The van der Waals surface area contributed by atoms with Crippen LogP contribution in [0.5, 0.6) is 0 Å². The lowest BCUT2D eigenvalue weighted by molar-refractivity contribution is -0.131. The second kappa shape index (κ2) is 10.0. The van der Waals surface area contributed by atoms with E-state index in [1.54, 1.807) is 0 Å². The molecular weight excluding hydrogens is 448 g/mol. The largest absolute Gasteiger partial charge is 0.379 e. The van der Waals surface area contributed by atoms with Crippen LogP contribution in [0.4, 0.5) is 5.82 Å². The molecule has 34 heavy (non-hydrogen) atoms. The smallest absolute Gasteiger partial charge is 0.236 e. The van der Waals surface area contributed by atoms with Crippen LogP contribution < -0.4 is 4.90 Å². The van der Waals surface area contributed by atoms with E-state index in [9.17, 15) is 4.79 Å². The number of hydrogen-bond donors (Lipinski definition) is 0. The summed E-state index contributed by atoms with van der Waals surface area (Å²) in [4.78, 5) is 34.8. The Balaban J connectivity index is 1.22. The standard InChI is InChI=1S/C25H36N6O2S/c32-22(30-7-3-4-8-30)18-28-9-11-31(12-10-28)24-23-19-5-1-2-6-20(19)34-25(23)27-21(26-24)17-29-13-15-33-16-14-29/h1-18H2. The monoisotopic (exact) mass is 484 g/mol. The fourth-order valence-electron chi connectivity index (χ4n) is 5.82. The summed E-state index contributed by atoms with van der Waals surface area (Å²) in [6.45, 7) is 10.4. The van der Waals surface area contributed by atoms with E-state index >= 15 is 0 Å². The number of aryl methyl sites for hydroxylation is 2. The summed E-state index contributed by atoms with van der Waals surface area (Å²) in [6, 6.07) is 0. The van der Waals surface area contributed by atoms with E-state index in [2.05, 4.69) is 14.7 Å². The molecule has 6 rings (SSSR count). The quantitative estimate of drug-likeness (QED) is 0.644. The van der Waals surface area contributed by atoms with Gasteiger partial charge in [-0.3, -0.25) is 14.6 Å². The van der Waals surface area contributed by atoms with Gasteiger partial charge in [0.1, 0.15) is 16.5 Å². The van der Waals surface area contributed by atoms with E-state index in [0.717, 1.165) is 103 Å². The Morgan fingerprint density at radius 3 is 2.41 bits per heavy atom. The van der Waals surface area contributed by atoms with Crippen LogP contribution in [0.3, 0.4) is 0 Å². The molecule has 8 nitrogen and oxygen atoms in total. The Morgan fingerprint density at radius 2 is 1.62 bits per heavy atom. The zero-order valence-electron chi connectivity index (χ0n) is 20.1. The van der Waals surface area contributed by atoms with Crippen LogP contribution in [0.2, 0.25) is 0 Å². The first-order chi connectivity index (χ1) is 16.7. The molecule has 5 heterocycles. The van der Waals surface area contributed by atoms with Crippen molar-refractivity contribution in [2.24, 2.45) is 0 Å². The van der Waals surface area contributed by atoms with Gasteiger partial charge in [-0.25, -0.2) is 9.97 Å². The molecule has 9 heteroatoms. The number of fused-ring (bicyclic) bond motifs is 3. The van der Waals surface area contributed by atoms with Gasteiger partial charge >= 0.3 is 0 Å². The minimum Gasteiger partial charge on any atom is -0.379 e. The summed E-state index contributed by atoms with van der Waals surface area (Å²) >= 11 is 1.90. The maximum absolute atomic E-state index is 12.6. The molecule has 3 aliphatic heterocycles. The molecule has 0 unspecified atom stereocenters. The minimum absolute atomic E-state index is 0.301. The molecule has 0 spiro atoms. The van der Waals surface area contributed by atoms with E-state index < -0.39 is 0 Å². The number of anilines is 1. The number of piperazine rings is 1. The highest BCUT2D eigenvalue weighted by molar-refractivity contribution is 7.19. The van der Waals surface area contributed by atoms with E-state index in [1.165, 1.54) is 39.9 Å². The molecule has 3 saturated heterocycles. The Morgan fingerprint density at radius 1 is 0.853 bits per heavy atom. The molecule has 0 saturated carbocycles. The van der Waals surface area contributed by atoms with Crippen molar-refractivity contribution in [1.29, 1.82) is 0 Å². The molecule has 0 N–H and O–H groups in total. The Kier molecular flexibility index (Phi) is 6.69. The van der Waals surface area contributed by atoms with Gasteiger partial charge in [-0.1, -0.05) is 0 Å². The number of hydrogen-bond acceptors (Lipinski definition) is 8. The molecule has 1 aliphatic carbocycles. The number of ether oxygens (including phenoxy) is 1. The van der Waals surface area contributed by atoms with Crippen LogP contribution in [0.1, 0.15) is 41.9 Å². The number of carbonyl (C=O) groups excluding carboxylic acids is 1. The lowest BCUT2D eigenvalue weighted by atomic mass is 9.97. The highest BCUT2D eigenvalue weighted by Gasteiger charge is 2.28. The van der Waals surface area contributed by atoms with Gasteiger partial charge in [-0.15, -0.1) is 11.3 Å². The molecule has 4 aliphatic rings. The van der Waals surface area contributed by atoms with Gasteiger partial charge in [-0.2, -0.15) is 0 Å². The average molecular weight is 485 g/mol. The minimum atomic E-state index is 0.301. The fourth-order valence-corrected chi connectivity index (χ4v) is 7.09. The first-order valence-electron chi connectivity index (χ1n) is 13.1. The zero-order valence-corrected chi connectivity index (χ0v) is 21.0. The molecule has 184 valence electrons. The van der Waals surface area contributed by atoms with E-state index in [4.69, 9.17) is 14.7 Å². The van der Waals surface area contributed by atoms with Crippen LogP contribution >= 0.6 is 11.3 Å². The number of rotatable bonds is 5. The van der Waals surface area contributed by atoms with Gasteiger partial charge < -0.3 is 14.5 Å². The molecule has 0 aromatic carbocycles. The summed E-state index contributed by atoms with van der Waals surface area (Å²) in [7, 11) is 0. The lowest BCUT2D eigenvalue weighted by Gasteiger charge is -2.36. The molecule has 2 aromatic heterocycles. The Labute approximate surface area is 205 Å². The predicted molar refractivity (Wildman–Crippen MR) is 135 cm³/mol. The first-order valence-corrected chi connectivity index (χ1v) is 13.9. The summed E-state index contributed by atoms with van der Waals surface area (Å²) in [5.74, 6) is 2.38. The number of thiophene rings is 1. The van der Waals surface area contributed by atoms with Crippen molar-refractivity contribution >= 4 is 33.3 Å². The van der Waals surface area contributed by atoms with Gasteiger partial charge in [0.25, 0.3) is 0 Å².